The molecule has 0 amide bonds. The van der Waals surface area contributed by atoms with Crippen LogP contribution in [-0.4, -0.2) is 31.5 Å². The first-order valence-electron chi connectivity index (χ1n) is 9.36. The molecule has 7 heteroatoms. The molecule has 1 N–H and O–H groups in total. The van der Waals surface area contributed by atoms with Gasteiger partial charge in [-0.1, -0.05) is 30.3 Å². The lowest BCUT2D eigenvalue weighted by atomic mass is 10.2. The van der Waals surface area contributed by atoms with Gasteiger partial charge in [-0.2, -0.15) is 0 Å². The van der Waals surface area contributed by atoms with Crippen LogP contribution >= 0.6 is 0 Å². The van der Waals surface area contributed by atoms with E-state index in [1.165, 1.54) is 0 Å². The Kier molecular flexibility index (Phi) is 5.42. The average molecular weight is 407 g/mol. The number of hydrogen-bond acceptors (Lipinski definition) is 5. The maximum absolute atomic E-state index is 12.7. The minimum absolute atomic E-state index is 0.189. The summed E-state index contributed by atoms with van der Waals surface area (Å²) in [4.78, 5) is 8.85. The molecule has 2 heterocycles. The Labute approximate surface area is 169 Å². The maximum Gasteiger partial charge on any atom is 0.242 e. The van der Waals surface area contributed by atoms with Crippen molar-refractivity contribution in [2.24, 2.45) is 0 Å². The molecule has 0 atom stereocenters. The number of pyridine rings is 2. The number of benzene rings is 2. The second-order valence-corrected chi connectivity index (χ2v) is 8.51. The number of sulfonamides is 1. The van der Waals surface area contributed by atoms with E-state index in [1.807, 2.05) is 49.4 Å². The van der Waals surface area contributed by atoms with Gasteiger partial charge in [0, 0.05) is 29.7 Å². The molecule has 0 bridgehead atoms. The van der Waals surface area contributed by atoms with Crippen molar-refractivity contribution in [2.75, 3.05) is 13.2 Å². The number of fused-ring (bicyclic) bond motifs is 2. The van der Waals surface area contributed by atoms with E-state index in [9.17, 15) is 8.42 Å². The van der Waals surface area contributed by atoms with Crippen LogP contribution in [-0.2, 0) is 10.0 Å². The summed E-state index contributed by atoms with van der Waals surface area (Å²) in [7, 11) is -3.66. The van der Waals surface area contributed by atoms with Crippen molar-refractivity contribution >= 4 is 31.8 Å². The summed E-state index contributed by atoms with van der Waals surface area (Å²) < 4.78 is 33.9. The quantitative estimate of drug-likeness (QED) is 0.471. The number of para-hydroxylation sites is 2. The molecule has 0 unspecified atom stereocenters. The summed E-state index contributed by atoms with van der Waals surface area (Å²) in [6.07, 6.45) is 3.93. The Morgan fingerprint density at radius 1 is 0.966 bits per heavy atom. The predicted octanol–water partition coefficient (Wildman–Crippen LogP) is 3.84. The van der Waals surface area contributed by atoms with Crippen molar-refractivity contribution in [1.29, 1.82) is 0 Å². The fraction of sp³-hybridized carbons (Fsp3) is 0.182. The summed E-state index contributed by atoms with van der Waals surface area (Å²) in [5.74, 6) is 0.694. The molecule has 0 aliphatic carbocycles. The van der Waals surface area contributed by atoms with E-state index in [-0.39, 0.29) is 11.4 Å². The van der Waals surface area contributed by atoms with Crippen LogP contribution in [0.5, 0.6) is 5.75 Å². The lowest BCUT2D eigenvalue weighted by molar-refractivity contribution is 0.314. The van der Waals surface area contributed by atoms with Gasteiger partial charge in [-0.25, -0.2) is 13.1 Å². The minimum atomic E-state index is -3.66. The third kappa shape index (κ3) is 4.21. The fourth-order valence-electron chi connectivity index (χ4n) is 3.19. The summed E-state index contributed by atoms with van der Waals surface area (Å²) in [6.45, 7) is 2.57. The Hall–Kier alpha value is -3.03. The molecule has 0 saturated heterocycles. The van der Waals surface area contributed by atoms with Gasteiger partial charge in [0.15, 0.2) is 0 Å². The van der Waals surface area contributed by atoms with Crippen molar-refractivity contribution in [2.45, 2.75) is 18.2 Å². The molecule has 4 rings (SSSR count). The average Bonchev–Trinajstić information content (AvgIpc) is 2.73. The van der Waals surface area contributed by atoms with Crippen molar-refractivity contribution in [3.05, 3.63) is 72.6 Å². The first kappa shape index (κ1) is 19.3. The predicted molar refractivity (Wildman–Crippen MR) is 114 cm³/mol. The Morgan fingerprint density at radius 2 is 1.76 bits per heavy atom. The van der Waals surface area contributed by atoms with Gasteiger partial charge in [0.1, 0.15) is 16.2 Å². The number of ether oxygens (including phenoxy) is 1. The molecule has 2 aromatic carbocycles. The highest BCUT2D eigenvalue weighted by Gasteiger charge is 2.17. The molecular weight excluding hydrogens is 386 g/mol. The maximum atomic E-state index is 12.7. The number of nitrogens with zero attached hydrogens (tertiary/aromatic N) is 2. The van der Waals surface area contributed by atoms with Gasteiger partial charge in [0.2, 0.25) is 10.0 Å². The molecular formula is C22H21N3O3S. The van der Waals surface area contributed by atoms with Crippen LogP contribution in [0.25, 0.3) is 21.8 Å². The van der Waals surface area contributed by atoms with Crippen LogP contribution in [0, 0.1) is 6.92 Å². The van der Waals surface area contributed by atoms with Crippen molar-refractivity contribution in [3.63, 3.8) is 0 Å². The van der Waals surface area contributed by atoms with Gasteiger partial charge in [0.25, 0.3) is 0 Å². The van der Waals surface area contributed by atoms with Crippen molar-refractivity contribution in [1.82, 2.24) is 14.7 Å². The monoisotopic (exact) mass is 407 g/mol. The molecule has 0 spiro atoms. The molecule has 0 radical (unpaired) electrons. The van der Waals surface area contributed by atoms with Crippen LogP contribution in [0.4, 0.5) is 0 Å². The summed E-state index contributed by atoms with van der Waals surface area (Å²) in [5.41, 5.74) is 2.26. The molecule has 6 nitrogen and oxygen atoms in total. The lowest BCUT2D eigenvalue weighted by Crippen LogP contribution is -2.26. The molecule has 0 aliphatic rings. The van der Waals surface area contributed by atoms with Crippen LogP contribution < -0.4 is 9.46 Å². The zero-order valence-corrected chi connectivity index (χ0v) is 16.8. The first-order chi connectivity index (χ1) is 14.0. The van der Waals surface area contributed by atoms with Gasteiger partial charge in [-0.3, -0.25) is 9.97 Å². The van der Waals surface area contributed by atoms with Gasteiger partial charge >= 0.3 is 0 Å². The number of hydrogen-bond donors (Lipinski definition) is 1. The van der Waals surface area contributed by atoms with E-state index in [2.05, 4.69) is 14.7 Å². The zero-order chi connectivity index (χ0) is 20.3. The SMILES string of the molecule is Cc1cnc2c(S(=O)(=O)NCCCOc3cccc4cccnc34)cccc2c1. The Bertz CT molecular complexity index is 1270. The van der Waals surface area contributed by atoms with Crippen LogP contribution in [0.3, 0.4) is 0 Å². The van der Waals surface area contributed by atoms with E-state index in [0.29, 0.717) is 24.3 Å². The van der Waals surface area contributed by atoms with E-state index in [0.717, 1.165) is 21.9 Å². The van der Waals surface area contributed by atoms with Gasteiger partial charge in [0.05, 0.1) is 12.1 Å². The zero-order valence-electron chi connectivity index (χ0n) is 16.0. The van der Waals surface area contributed by atoms with Crippen LogP contribution in [0.2, 0.25) is 0 Å². The molecule has 0 saturated carbocycles. The lowest BCUT2D eigenvalue weighted by Gasteiger charge is -2.11. The van der Waals surface area contributed by atoms with Crippen LogP contribution in [0.1, 0.15) is 12.0 Å². The summed E-state index contributed by atoms with van der Waals surface area (Å²) in [5, 5.41) is 1.81. The molecule has 0 aliphatic heterocycles. The van der Waals surface area contributed by atoms with E-state index < -0.39 is 10.0 Å². The second kappa shape index (κ2) is 8.14. The van der Waals surface area contributed by atoms with Crippen LogP contribution in [0.15, 0.2) is 71.9 Å². The smallest absolute Gasteiger partial charge is 0.242 e. The Morgan fingerprint density at radius 3 is 2.66 bits per heavy atom. The number of nitrogens with one attached hydrogen (secondary N) is 1. The number of aryl methyl sites for hydroxylation is 1. The molecule has 29 heavy (non-hydrogen) atoms. The fourth-order valence-corrected chi connectivity index (χ4v) is 4.44. The second-order valence-electron chi connectivity index (χ2n) is 6.77. The van der Waals surface area contributed by atoms with Gasteiger partial charge in [-0.15, -0.1) is 0 Å². The Balaban J connectivity index is 1.39. The minimum Gasteiger partial charge on any atom is -0.491 e. The van der Waals surface area contributed by atoms with Crippen molar-refractivity contribution in [3.8, 4) is 5.75 Å². The van der Waals surface area contributed by atoms with Gasteiger partial charge < -0.3 is 4.74 Å². The standard InChI is InChI=1S/C22H21N3O3S/c1-16-14-18-7-3-10-20(22(18)24-15-16)29(26,27)25-12-5-13-28-19-9-2-6-17-8-4-11-23-21(17)19/h2-4,6-11,14-15,25H,5,12-13H2,1H3. The first-order valence-corrected chi connectivity index (χ1v) is 10.8. The highest BCUT2D eigenvalue weighted by atomic mass is 32.2. The van der Waals surface area contributed by atoms with E-state index in [4.69, 9.17) is 4.74 Å². The third-order valence-electron chi connectivity index (χ3n) is 4.57. The highest BCUT2D eigenvalue weighted by Crippen LogP contribution is 2.23. The van der Waals surface area contributed by atoms with Crippen molar-refractivity contribution < 1.29 is 13.2 Å². The summed E-state index contributed by atoms with van der Waals surface area (Å²) >= 11 is 0. The largest absolute Gasteiger partial charge is 0.491 e. The topological polar surface area (TPSA) is 81.2 Å². The molecule has 4 aromatic rings. The van der Waals surface area contributed by atoms with Gasteiger partial charge in [-0.05, 0) is 43.2 Å². The van der Waals surface area contributed by atoms with E-state index >= 15 is 0 Å². The molecule has 148 valence electrons. The van der Waals surface area contributed by atoms with E-state index in [1.54, 1.807) is 24.5 Å². The number of rotatable bonds is 7. The summed E-state index contributed by atoms with van der Waals surface area (Å²) in [6, 6.07) is 16.7. The molecule has 0 fully saturated rings. The third-order valence-corrected chi connectivity index (χ3v) is 6.06. The number of aromatic nitrogens is 2. The molecule has 2 aromatic heterocycles. The highest BCUT2D eigenvalue weighted by molar-refractivity contribution is 7.89. The normalized spacial score (nSPS) is 11.8.